The third-order valence-corrected chi connectivity index (χ3v) is 11.6. The van der Waals surface area contributed by atoms with Crippen molar-refractivity contribution in [2.75, 3.05) is 9.80 Å². The molecule has 0 unspecified atom stereocenters. The second-order valence-electron chi connectivity index (χ2n) is 17.3. The predicted molar refractivity (Wildman–Crippen MR) is 244 cm³/mol. The van der Waals surface area contributed by atoms with E-state index in [0.717, 1.165) is 44.6 Å². The van der Waals surface area contributed by atoms with Crippen LogP contribution in [0.5, 0.6) is 11.5 Å². The quantitative estimate of drug-likeness (QED) is 0.135. The van der Waals surface area contributed by atoms with Crippen molar-refractivity contribution in [3.8, 4) is 28.4 Å². The van der Waals surface area contributed by atoms with E-state index < -0.39 is 0 Å². The molecule has 1 aliphatic heterocycles. The summed E-state index contributed by atoms with van der Waals surface area (Å²) in [4.78, 5) is 9.14. The molecule has 60 heavy (non-hydrogen) atoms. The molecule has 5 nitrogen and oxygen atoms in total. The van der Waals surface area contributed by atoms with E-state index in [1.54, 1.807) is 0 Å². The zero-order valence-electron chi connectivity index (χ0n) is 35.2. The second kappa shape index (κ2) is 16.3. The maximum atomic E-state index is 6.80. The Bertz CT molecular complexity index is 2850. The van der Waals surface area contributed by atoms with Gasteiger partial charge in [0.25, 0.3) is 0 Å². The van der Waals surface area contributed by atoms with Crippen LogP contribution in [0.4, 0.5) is 11.4 Å². The van der Waals surface area contributed by atoms with Crippen molar-refractivity contribution >= 4 is 33.2 Å². The van der Waals surface area contributed by atoms with E-state index in [0.29, 0.717) is 17.4 Å². The van der Waals surface area contributed by atoms with Gasteiger partial charge in [0.2, 0.25) is 0 Å². The Hall–Kier alpha value is -5.90. The fourth-order valence-electron chi connectivity index (χ4n) is 8.17. The van der Waals surface area contributed by atoms with Gasteiger partial charge in [0.1, 0.15) is 5.82 Å². The largest absolute Gasteiger partial charge is 0.509 e. The van der Waals surface area contributed by atoms with Gasteiger partial charge in [0.15, 0.2) is 0 Å². The van der Waals surface area contributed by atoms with E-state index in [2.05, 4.69) is 227 Å². The van der Waals surface area contributed by atoms with Crippen LogP contribution in [-0.2, 0) is 31.9 Å². The fraction of sp³-hybridized carbons (Fsp3) is 0.185. The van der Waals surface area contributed by atoms with Crippen LogP contribution in [0.3, 0.4) is 0 Å². The van der Waals surface area contributed by atoms with Crippen LogP contribution in [0.1, 0.15) is 76.6 Å². The average Bonchev–Trinajstić information content (AvgIpc) is 3.87. The molecule has 0 amide bonds. The minimum Gasteiger partial charge on any atom is -0.509 e. The topological polar surface area (TPSA) is 33.5 Å². The number of pyridine rings is 1. The first-order valence-electron chi connectivity index (χ1n) is 20.5. The summed E-state index contributed by atoms with van der Waals surface area (Å²) in [5.74, 6) is 2.40. The number of hydrogen-bond donors (Lipinski definition) is 0. The summed E-state index contributed by atoms with van der Waals surface area (Å²) in [7, 11) is 0. The molecule has 8 aromatic rings. The first-order chi connectivity index (χ1) is 28.4. The standard InChI is InChI=1S/C54H49N4O.Pt/c1-37(2)46-20-11-12-21-47(46)38-30-43(57-29-28-56(36-57)42-19-15-18-41(32-42)54(6,7)39-16-9-8-10-17-39)34-45(31-38)59-44-24-25-49-48-22-13-14-23-50(48)58(51(49)35-44)52-33-40(26-27-55-52)53(3,4)5;/h8-33,36-37H,1-7H3;/q-3;. The summed E-state index contributed by atoms with van der Waals surface area (Å²) < 4.78 is 9.00. The van der Waals surface area contributed by atoms with Gasteiger partial charge in [-0.15, -0.1) is 53.6 Å². The molecule has 3 heterocycles. The molecule has 0 radical (unpaired) electrons. The van der Waals surface area contributed by atoms with Crippen molar-refractivity contribution in [3.63, 3.8) is 0 Å². The molecule has 6 aromatic carbocycles. The molecular weight excluding hydrogens is 916 g/mol. The Balaban J connectivity index is 0.00000499. The summed E-state index contributed by atoms with van der Waals surface area (Å²) in [6, 6.07) is 56.6. The van der Waals surface area contributed by atoms with Crippen molar-refractivity contribution in [3.05, 3.63) is 199 Å². The van der Waals surface area contributed by atoms with E-state index in [4.69, 9.17) is 9.72 Å². The minimum atomic E-state index is -0.153. The number of anilines is 2. The molecule has 1 aliphatic rings. The number of ether oxygens (including phenoxy) is 1. The number of nitrogens with zero attached hydrogens (tertiary/aromatic N) is 4. The van der Waals surface area contributed by atoms with E-state index in [1.807, 2.05) is 12.3 Å². The fourth-order valence-corrected chi connectivity index (χ4v) is 8.17. The van der Waals surface area contributed by atoms with E-state index in [-0.39, 0.29) is 31.9 Å². The molecule has 0 N–H and O–H groups in total. The third-order valence-electron chi connectivity index (χ3n) is 11.6. The predicted octanol–water partition coefficient (Wildman–Crippen LogP) is 13.9. The zero-order chi connectivity index (χ0) is 40.9. The van der Waals surface area contributed by atoms with Crippen LogP contribution in [0.15, 0.2) is 158 Å². The van der Waals surface area contributed by atoms with Crippen molar-refractivity contribution in [1.29, 1.82) is 0 Å². The number of benzene rings is 6. The molecule has 0 saturated heterocycles. The summed E-state index contributed by atoms with van der Waals surface area (Å²) in [5, 5.41) is 2.23. The molecule has 0 spiro atoms. The van der Waals surface area contributed by atoms with Gasteiger partial charge in [-0.2, -0.15) is 6.07 Å². The van der Waals surface area contributed by atoms with Crippen molar-refractivity contribution in [1.82, 2.24) is 9.55 Å². The first kappa shape index (κ1) is 40.9. The first-order valence-corrected chi connectivity index (χ1v) is 20.5. The molecule has 2 aromatic heterocycles. The van der Waals surface area contributed by atoms with Crippen LogP contribution < -0.4 is 14.5 Å². The summed E-state index contributed by atoms with van der Waals surface area (Å²) in [6.07, 6.45) is 6.08. The molecule has 9 rings (SSSR count). The Morgan fingerprint density at radius 2 is 1.37 bits per heavy atom. The van der Waals surface area contributed by atoms with Gasteiger partial charge in [0.05, 0.1) is 0 Å². The molecule has 0 bridgehead atoms. The van der Waals surface area contributed by atoms with Crippen molar-refractivity contribution in [2.45, 2.75) is 65.2 Å². The van der Waals surface area contributed by atoms with E-state index in [1.165, 1.54) is 27.8 Å². The smallest absolute Gasteiger partial charge is 0.135 e. The number of fused-ring (bicyclic) bond motifs is 3. The number of hydrogen-bond acceptors (Lipinski definition) is 4. The van der Waals surface area contributed by atoms with Crippen LogP contribution in [0, 0.1) is 18.8 Å². The zero-order valence-corrected chi connectivity index (χ0v) is 37.5. The Morgan fingerprint density at radius 1 is 0.633 bits per heavy atom. The van der Waals surface area contributed by atoms with E-state index in [9.17, 15) is 0 Å². The van der Waals surface area contributed by atoms with Gasteiger partial charge in [-0.05, 0) is 87.3 Å². The molecule has 6 heteroatoms. The van der Waals surface area contributed by atoms with Gasteiger partial charge in [0, 0.05) is 55.4 Å². The number of aromatic nitrogens is 2. The van der Waals surface area contributed by atoms with Gasteiger partial charge in [-0.1, -0.05) is 139 Å². The molecule has 0 atom stereocenters. The summed E-state index contributed by atoms with van der Waals surface area (Å²) in [6.45, 7) is 17.8. The van der Waals surface area contributed by atoms with Crippen LogP contribution in [0.2, 0.25) is 0 Å². The van der Waals surface area contributed by atoms with Gasteiger partial charge in [-0.25, -0.2) is 4.98 Å². The molecule has 304 valence electrons. The molecule has 0 saturated carbocycles. The van der Waals surface area contributed by atoms with Crippen molar-refractivity contribution in [2.24, 2.45) is 0 Å². The number of rotatable bonds is 9. The average molecular weight is 965 g/mol. The van der Waals surface area contributed by atoms with E-state index >= 15 is 0 Å². The van der Waals surface area contributed by atoms with Crippen LogP contribution in [0.25, 0.3) is 38.8 Å². The molecule has 0 aliphatic carbocycles. The van der Waals surface area contributed by atoms with Gasteiger partial charge >= 0.3 is 0 Å². The molecular formula is C54H49N4OPt-3. The SMILES string of the molecule is CC(C)c1ccccc1-c1cc(Oc2[c-]c3c(cc2)c2ccccc2n3-c2cc(C(C)(C)C)ccn2)[c-]c(N2C=CN(c3cccc(C(C)(C)c4ccccc4)c3)[CH-]2)c1.[Pt]. The van der Waals surface area contributed by atoms with Crippen molar-refractivity contribution < 1.29 is 25.8 Å². The molecule has 0 fully saturated rings. The van der Waals surface area contributed by atoms with Gasteiger partial charge in [-0.3, -0.25) is 0 Å². The Kier molecular flexibility index (Phi) is 11.1. The van der Waals surface area contributed by atoms with Crippen LogP contribution >= 0.6 is 0 Å². The summed E-state index contributed by atoms with van der Waals surface area (Å²) >= 11 is 0. The second-order valence-corrected chi connectivity index (χ2v) is 17.3. The maximum absolute atomic E-state index is 6.80. The van der Waals surface area contributed by atoms with Gasteiger partial charge < -0.3 is 19.1 Å². The van der Waals surface area contributed by atoms with Crippen LogP contribution in [-0.4, -0.2) is 9.55 Å². The minimum absolute atomic E-state index is 0. The number of para-hydroxylation sites is 1. The third kappa shape index (κ3) is 7.80. The monoisotopic (exact) mass is 964 g/mol. The summed E-state index contributed by atoms with van der Waals surface area (Å²) in [5.41, 5.74) is 11.0. The maximum Gasteiger partial charge on any atom is 0.135 e. The Morgan fingerprint density at radius 3 is 2.17 bits per heavy atom. The Labute approximate surface area is 369 Å². The normalized spacial score (nSPS) is 13.1.